The summed E-state index contributed by atoms with van der Waals surface area (Å²) in [6, 6.07) is 5.77. The quantitative estimate of drug-likeness (QED) is 0.853. The molecule has 1 amide bonds. The summed E-state index contributed by atoms with van der Waals surface area (Å²) in [5, 5.41) is 2.56. The highest BCUT2D eigenvalue weighted by molar-refractivity contribution is 5.85. The number of nitrogens with one attached hydrogen (secondary N) is 1. The molecule has 1 aliphatic rings. The number of ether oxygens (including phenoxy) is 1. The van der Waals surface area contributed by atoms with Crippen molar-refractivity contribution in [3.63, 3.8) is 0 Å². The Morgan fingerprint density at radius 1 is 1.43 bits per heavy atom. The maximum absolute atomic E-state index is 13.5. The van der Waals surface area contributed by atoms with E-state index >= 15 is 0 Å². The third-order valence-electron chi connectivity index (χ3n) is 3.51. The van der Waals surface area contributed by atoms with Crippen LogP contribution in [-0.2, 0) is 20.7 Å². The molecule has 1 heterocycles. The standard InChI is InChI=1S/C15H19FN2O3/c1-17-15(20)14-10-21-7-6-18(14)9-12(19)8-11-4-2-3-5-13(11)16/h2-5,14H,6-10H2,1H3,(H,17,20). The van der Waals surface area contributed by atoms with Crippen molar-refractivity contribution in [1.82, 2.24) is 10.2 Å². The van der Waals surface area contributed by atoms with Gasteiger partial charge in [0.25, 0.3) is 0 Å². The minimum Gasteiger partial charge on any atom is -0.378 e. The second-order valence-electron chi connectivity index (χ2n) is 4.98. The number of likely N-dealkylation sites (N-methyl/N-ethyl adjacent to an activating group) is 1. The van der Waals surface area contributed by atoms with E-state index in [1.807, 2.05) is 0 Å². The Hall–Kier alpha value is -1.79. The summed E-state index contributed by atoms with van der Waals surface area (Å²) in [6.07, 6.45) is 0.0322. The molecule has 114 valence electrons. The van der Waals surface area contributed by atoms with Gasteiger partial charge in [-0.2, -0.15) is 0 Å². The number of nitrogens with zero attached hydrogens (tertiary/aromatic N) is 1. The Kier molecular flexibility index (Phi) is 5.41. The van der Waals surface area contributed by atoms with Crippen molar-refractivity contribution in [1.29, 1.82) is 0 Å². The van der Waals surface area contributed by atoms with Crippen molar-refractivity contribution >= 4 is 11.7 Å². The first-order valence-electron chi connectivity index (χ1n) is 6.90. The number of Topliss-reactive ketones (excluding diaryl/α,β-unsaturated/α-hetero) is 1. The molecule has 1 fully saturated rings. The van der Waals surface area contributed by atoms with E-state index in [0.717, 1.165) is 0 Å². The van der Waals surface area contributed by atoms with Gasteiger partial charge < -0.3 is 10.1 Å². The van der Waals surface area contributed by atoms with Crippen molar-refractivity contribution in [2.75, 3.05) is 33.4 Å². The minimum absolute atomic E-state index is 0.0322. The van der Waals surface area contributed by atoms with E-state index in [-0.39, 0.29) is 37.1 Å². The van der Waals surface area contributed by atoms with E-state index < -0.39 is 6.04 Å². The van der Waals surface area contributed by atoms with Crippen LogP contribution in [0.5, 0.6) is 0 Å². The predicted octanol–water partition coefficient (Wildman–Crippen LogP) is 0.384. The van der Waals surface area contributed by atoms with Crippen LogP contribution in [0.25, 0.3) is 0 Å². The zero-order valence-corrected chi connectivity index (χ0v) is 12.0. The number of carbonyl (C=O) groups is 2. The van der Waals surface area contributed by atoms with Crippen molar-refractivity contribution < 1.29 is 18.7 Å². The fourth-order valence-electron chi connectivity index (χ4n) is 2.37. The van der Waals surface area contributed by atoms with E-state index in [1.54, 1.807) is 30.1 Å². The Morgan fingerprint density at radius 3 is 2.90 bits per heavy atom. The zero-order valence-electron chi connectivity index (χ0n) is 12.0. The number of benzene rings is 1. The molecule has 1 aromatic carbocycles. The molecule has 5 nitrogen and oxygen atoms in total. The summed E-state index contributed by atoms with van der Waals surface area (Å²) in [5.41, 5.74) is 0.382. The normalized spacial score (nSPS) is 19.2. The highest BCUT2D eigenvalue weighted by Gasteiger charge is 2.30. The van der Waals surface area contributed by atoms with Gasteiger partial charge in [0, 0.05) is 20.0 Å². The van der Waals surface area contributed by atoms with Gasteiger partial charge in [-0.25, -0.2) is 4.39 Å². The van der Waals surface area contributed by atoms with Crippen LogP contribution in [0.2, 0.25) is 0 Å². The van der Waals surface area contributed by atoms with Crippen molar-refractivity contribution in [3.05, 3.63) is 35.6 Å². The lowest BCUT2D eigenvalue weighted by Crippen LogP contribution is -2.54. The first-order valence-corrected chi connectivity index (χ1v) is 6.90. The number of morpholine rings is 1. The third-order valence-corrected chi connectivity index (χ3v) is 3.51. The number of rotatable bonds is 5. The molecule has 1 aliphatic heterocycles. The highest BCUT2D eigenvalue weighted by Crippen LogP contribution is 2.11. The number of hydrogen-bond donors (Lipinski definition) is 1. The molecule has 0 bridgehead atoms. The molecule has 0 radical (unpaired) electrons. The lowest BCUT2D eigenvalue weighted by molar-refractivity contribution is -0.134. The summed E-state index contributed by atoms with van der Waals surface area (Å²) in [6.45, 7) is 1.39. The summed E-state index contributed by atoms with van der Waals surface area (Å²) >= 11 is 0. The smallest absolute Gasteiger partial charge is 0.239 e. The van der Waals surface area contributed by atoms with Crippen LogP contribution in [0.15, 0.2) is 24.3 Å². The van der Waals surface area contributed by atoms with E-state index in [4.69, 9.17) is 4.74 Å². The van der Waals surface area contributed by atoms with Crippen LogP contribution in [0.4, 0.5) is 4.39 Å². The molecule has 0 aromatic heterocycles. The first kappa shape index (κ1) is 15.6. The average Bonchev–Trinajstić information content (AvgIpc) is 2.49. The molecule has 1 saturated heterocycles. The first-order chi connectivity index (χ1) is 10.1. The molecule has 0 spiro atoms. The van der Waals surface area contributed by atoms with E-state index in [1.165, 1.54) is 6.07 Å². The molecule has 0 saturated carbocycles. The van der Waals surface area contributed by atoms with Gasteiger partial charge in [0.1, 0.15) is 11.9 Å². The summed E-state index contributed by atoms with van der Waals surface area (Å²) in [7, 11) is 1.55. The average molecular weight is 294 g/mol. The predicted molar refractivity (Wildman–Crippen MR) is 75.4 cm³/mol. The molecule has 2 rings (SSSR count). The fourth-order valence-corrected chi connectivity index (χ4v) is 2.37. The molecule has 21 heavy (non-hydrogen) atoms. The maximum Gasteiger partial charge on any atom is 0.239 e. The number of carbonyl (C=O) groups excluding carboxylic acids is 2. The van der Waals surface area contributed by atoms with Crippen molar-refractivity contribution in [2.45, 2.75) is 12.5 Å². The maximum atomic E-state index is 13.5. The topological polar surface area (TPSA) is 58.6 Å². The third kappa shape index (κ3) is 4.09. The summed E-state index contributed by atoms with van der Waals surface area (Å²) in [5.74, 6) is -0.667. The largest absolute Gasteiger partial charge is 0.378 e. The van der Waals surface area contributed by atoms with E-state index in [9.17, 15) is 14.0 Å². The van der Waals surface area contributed by atoms with Gasteiger partial charge in [-0.15, -0.1) is 0 Å². The number of ketones is 1. The monoisotopic (exact) mass is 294 g/mol. The van der Waals surface area contributed by atoms with Crippen LogP contribution in [-0.4, -0.2) is 56.0 Å². The Labute approximate surface area is 123 Å². The second kappa shape index (κ2) is 7.28. The van der Waals surface area contributed by atoms with Crippen LogP contribution >= 0.6 is 0 Å². The zero-order chi connectivity index (χ0) is 15.2. The summed E-state index contributed by atoms with van der Waals surface area (Å²) in [4.78, 5) is 25.7. The molecule has 1 aromatic rings. The van der Waals surface area contributed by atoms with Gasteiger partial charge >= 0.3 is 0 Å². The number of halogens is 1. The molecule has 1 atom stereocenters. The molecule has 0 aliphatic carbocycles. The number of hydrogen-bond acceptors (Lipinski definition) is 4. The molecular weight excluding hydrogens is 275 g/mol. The van der Waals surface area contributed by atoms with E-state index in [0.29, 0.717) is 18.7 Å². The lowest BCUT2D eigenvalue weighted by Gasteiger charge is -2.33. The molecular formula is C15H19FN2O3. The van der Waals surface area contributed by atoms with Gasteiger partial charge in [0.05, 0.1) is 19.8 Å². The van der Waals surface area contributed by atoms with Crippen molar-refractivity contribution in [2.24, 2.45) is 0 Å². The summed E-state index contributed by atoms with van der Waals surface area (Å²) < 4.78 is 18.8. The Bertz CT molecular complexity index is 521. The van der Waals surface area contributed by atoms with Crippen LogP contribution in [0.1, 0.15) is 5.56 Å². The van der Waals surface area contributed by atoms with Crippen LogP contribution in [0, 0.1) is 5.82 Å². The van der Waals surface area contributed by atoms with Crippen LogP contribution < -0.4 is 5.32 Å². The lowest BCUT2D eigenvalue weighted by atomic mass is 10.1. The van der Waals surface area contributed by atoms with E-state index in [2.05, 4.69) is 5.32 Å². The van der Waals surface area contributed by atoms with Gasteiger partial charge in [0.2, 0.25) is 5.91 Å². The van der Waals surface area contributed by atoms with Crippen LogP contribution in [0.3, 0.4) is 0 Å². The van der Waals surface area contributed by atoms with Gasteiger partial charge in [0.15, 0.2) is 5.78 Å². The Balaban J connectivity index is 1.97. The minimum atomic E-state index is -0.465. The highest BCUT2D eigenvalue weighted by atomic mass is 19.1. The number of amides is 1. The second-order valence-corrected chi connectivity index (χ2v) is 4.98. The fraction of sp³-hybridized carbons (Fsp3) is 0.467. The SMILES string of the molecule is CNC(=O)C1COCCN1CC(=O)Cc1ccccc1F. The van der Waals surface area contributed by atoms with Gasteiger partial charge in [-0.05, 0) is 11.6 Å². The Morgan fingerprint density at radius 2 is 2.19 bits per heavy atom. The molecule has 1 N–H and O–H groups in total. The molecule has 1 unspecified atom stereocenters. The molecule has 6 heteroatoms. The van der Waals surface area contributed by atoms with Gasteiger partial charge in [-0.3, -0.25) is 14.5 Å². The van der Waals surface area contributed by atoms with Gasteiger partial charge in [-0.1, -0.05) is 18.2 Å². The van der Waals surface area contributed by atoms with Crippen molar-refractivity contribution in [3.8, 4) is 0 Å².